The van der Waals surface area contributed by atoms with E-state index in [4.69, 9.17) is 0 Å². The smallest absolute Gasteiger partial charge is 0.257 e. The van der Waals surface area contributed by atoms with Crippen LogP contribution in [-0.4, -0.2) is 47.1 Å². The quantitative estimate of drug-likeness (QED) is 0.509. The third-order valence-corrected chi connectivity index (χ3v) is 10.5. The number of amides is 1. The summed E-state index contributed by atoms with van der Waals surface area (Å²) < 4.78 is 52.7. The van der Waals surface area contributed by atoms with Gasteiger partial charge in [-0.2, -0.15) is 0 Å². The van der Waals surface area contributed by atoms with Crippen molar-refractivity contribution in [1.82, 2.24) is 4.72 Å². The van der Waals surface area contributed by atoms with Crippen molar-refractivity contribution in [1.29, 1.82) is 0 Å². The molecule has 10 heteroatoms. The Morgan fingerprint density at radius 2 is 1.65 bits per heavy atom. The summed E-state index contributed by atoms with van der Waals surface area (Å²) in [4.78, 5) is 15.7. The van der Waals surface area contributed by atoms with Crippen molar-refractivity contribution in [2.24, 2.45) is 5.41 Å². The molecule has 1 saturated carbocycles. The molecule has 0 atom stereocenters. The van der Waals surface area contributed by atoms with Gasteiger partial charge in [0.15, 0.2) is 9.84 Å². The van der Waals surface area contributed by atoms with Crippen molar-refractivity contribution < 1.29 is 21.6 Å². The van der Waals surface area contributed by atoms with Crippen LogP contribution < -0.4 is 14.9 Å². The van der Waals surface area contributed by atoms with E-state index in [1.165, 1.54) is 25.0 Å². The molecule has 0 unspecified atom stereocenters. The Morgan fingerprint density at radius 3 is 2.24 bits per heavy atom. The lowest BCUT2D eigenvalue weighted by Crippen LogP contribution is -2.40. The molecule has 1 aliphatic carbocycles. The highest BCUT2D eigenvalue weighted by Crippen LogP contribution is 2.54. The van der Waals surface area contributed by atoms with Crippen molar-refractivity contribution in [3.63, 3.8) is 0 Å². The van der Waals surface area contributed by atoms with Gasteiger partial charge in [0.05, 0.1) is 16.2 Å². The first-order valence-corrected chi connectivity index (χ1v) is 16.1. The number of nitrogens with one attached hydrogen (secondary N) is 2. The first kappa shape index (κ1) is 27.6. The average Bonchev–Trinajstić information content (AvgIpc) is 3.56. The lowest BCUT2D eigenvalue weighted by Gasteiger charge is -2.35. The Balaban J connectivity index is 1.61. The molecule has 4 rings (SSSR count). The summed E-state index contributed by atoms with van der Waals surface area (Å²) in [5.74, 6) is -0.387. The maximum Gasteiger partial charge on any atom is 0.257 e. The number of sulfonamides is 1. The zero-order valence-electron chi connectivity index (χ0n) is 22.0. The van der Waals surface area contributed by atoms with Crippen LogP contribution in [0.15, 0.2) is 47.4 Å². The highest BCUT2D eigenvalue weighted by atomic mass is 32.2. The maximum atomic E-state index is 13.4. The second-order valence-corrected chi connectivity index (χ2v) is 15.4. The van der Waals surface area contributed by atoms with Crippen LogP contribution in [0, 0.1) is 5.41 Å². The molecule has 1 spiro atoms. The molecule has 1 heterocycles. The lowest BCUT2D eigenvalue weighted by molar-refractivity contribution is 0.102. The molecule has 0 aromatic heterocycles. The summed E-state index contributed by atoms with van der Waals surface area (Å²) in [6, 6.07) is 11.3. The van der Waals surface area contributed by atoms with Crippen LogP contribution in [0.5, 0.6) is 0 Å². The number of carbonyl (C=O) groups excluding carboxylic acids is 1. The topological polar surface area (TPSA) is 113 Å². The molecule has 1 aliphatic heterocycles. The monoisotopic (exact) mass is 547 g/mol. The number of sulfone groups is 1. The summed E-state index contributed by atoms with van der Waals surface area (Å²) in [5, 5.41) is 2.84. The van der Waals surface area contributed by atoms with Crippen LogP contribution in [0.2, 0.25) is 0 Å². The van der Waals surface area contributed by atoms with Crippen LogP contribution in [0.25, 0.3) is 0 Å². The Bertz CT molecular complexity index is 1380. The van der Waals surface area contributed by atoms with Crippen molar-refractivity contribution in [3.8, 4) is 0 Å². The molecule has 1 amide bonds. The number of hydrogen-bond acceptors (Lipinski definition) is 6. The molecular formula is C27H37N3O5S2. The molecule has 2 fully saturated rings. The minimum atomic E-state index is -3.76. The van der Waals surface area contributed by atoms with E-state index in [0.29, 0.717) is 22.2 Å². The van der Waals surface area contributed by atoms with E-state index in [1.807, 2.05) is 6.07 Å². The summed E-state index contributed by atoms with van der Waals surface area (Å²) in [7, 11) is -6.99. The predicted octanol–water partition coefficient (Wildman–Crippen LogP) is 4.33. The van der Waals surface area contributed by atoms with E-state index in [0.717, 1.165) is 31.6 Å². The van der Waals surface area contributed by atoms with Crippen molar-refractivity contribution in [2.75, 3.05) is 29.1 Å². The van der Waals surface area contributed by atoms with Crippen LogP contribution >= 0.6 is 0 Å². The highest BCUT2D eigenvalue weighted by molar-refractivity contribution is 7.90. The number of piperidine rings is 1. The van der Waals surface area contributed by atoms with Gasteiger partial charge in [-0.15, -0.1) is 0 Å². The highest BCUT2D eigenvalue weighted by Gasteiger charge is 2.44. The minimum absolute atomic E-state index is 0.0557. The summed E-state index contributed by atoms with van der Waals surface area (Å²) >= 11 is 0. The molecule has 2 aromatic carbocycles. The van der Waals surface area contributed by atoms with Gasteiger partial charge in [-0.05, 0) is 87.8 Å². The zero-order chi connectivity index (χ0) is 27.1. The van der Waals surface area contributed by atoms with Crippen molar-refractivity contribution >= 4 is 37.1 Å². The van der Waals surface area contributed by atoms with Crippen LogP contribution in [0.4, 0.5) is 11.4 Å². The molecule has 0 radical (unpaired) electrons. The molecule has 0 bridgehead atoms. The third kappa shape index (κ3) is 6.91. The predicted molar refractivity (Wildman–Crippen MR) is 147 cm³/mol. The van der Waals surface area contributed by atoms with E-state index >= 15 is 0 Å². The normalized spacial score (nSPS) is 17.6. The van der Waals surface area contributed by atoms with Gasteiger partial charge in [0, 0.05) is 35.8 Å². The van der Waals surface area contributed by atoms with Crippen molar-refractivity contribution in [3.05, 3.63) is 53.6 Å². The number of anilines is 2. The van der Waals surface area contributed by atoms with Gasteiger partial charge in [0.1, 0.15) is 0 Å². The summed E-state index contributed by atoms with van der Waals surface area (Å²) in [6.45, 7) is 8.55. The molecule has 1 saturated heterocycles. The summed E-state index contributed by atoms with van der Waals surface area (Å²) in [6.07, 6.45) is 4.64. The SMILES string of the molecule is CCS(=O)(=O)Cc1ccc(C(=O)Nc2cccc(S(=O)(=O)NC(C)(C)C)c2)c(N2CCC3(CC2)CC3)c1. The molecule has 37 heavy (non-hydrogen) atoms. The average molecular weight is 548 g/mol. The molecule has 8 nitrogen and oxygen atoms in total. The number of benzene rings is 2. The van der Waals surface area contributed by atoms with Gasteiger partial charge < -0.3 is 10.2 Å². The Hall–Kier alpha value is -2.43. The van der Waals surface area contributed by atoms with Gasteiger partial charge in [-0.1, -0.05) is 19.1 Å². The van der Waals surface area contributed by atoms with Crippen molar-refractivity contribution in [2.45, 2.75) is 69.6 Å². The van der Waals surface area contributed by atoms with Gasteiger partial charge in [-0.3, -0.25) is 4.79 Å². The largest absolute Gasteiger partial charge is 0.371 e. The van der Waals surface area contributed by atoms with Gasteiger partial charge in [0.2, 0.25) is 10.0 Å². The fourth-order valence-electron chi connectivity index (χ4n) is 4.78. The Labute approximate surface area is 220 Å². The third-order valence-electron chi connectivity index (χ3n) is 7.10. The standard InChI is InChI=1S/C27H37N3O5S2/c1-5-36(32,33)19-20-9-10-23(24(17-20)30-15-13-27(11-12-27)14-16-30)25(31)28-21-7-6-8-22(18-21)37(34,35)29-26(2,3)4/h6-10,17-18,29H,5,11-16,19H2,1-4H3,(H,28,31). The summed E-state index contributed by atoms with van der Waals surface area (Å²) in [5.41, 5.74) is 1.98. The number of rotatable bonds is 8. The van der Waals surface area contributed by atoms with Crippen LogP contribution in [-0.2, 0) is 25.6 Å². The number of hydrogen-bond donors (Lipinski definition) is 2. The molecule has 2 aliphatic rings. The fourth-order valence-corrected chi connectivity index (χ4v) is 7.13. The maximum absolute atomic E-state index is 13.4. The first-order chi connectivity index (χ1) is 17.2. The number of nitrogens with zero attached hydrogens (tertiary/aromatic N) is 1. The molecule has 2 aromatic rings. The second-order valence-electron chi connectivity index (χ2n) is 11.4. The van der Waals surface area contributed by atoms with E-state index in [1.54, 1.807) is 52.0 Å². The Kier molecular flexibility index (Phi) is 7.49. The molecule has 202 valence electrons. The molecule has 2 N–H and O–H groups in total. The van der Waals surface area contributed by atoms with Crippen LogP contribution in [0.3, 0.4) is 0 Å². The van der Waals surface area contributed by atoms with Crippen LogP contribution in [0.1, 0.15) is 69.3 Å². The van der Waals surface area contributed by atoms with E-state index in [2.05, 4.69) is 14.9 Å². The lowest BCUT2D eigenvalue weighted by atomic mass is 9.92. The van der Waals surface area contributed by atoms with Gasteiger partial charge in [0.25, 0.3) is 5.91 Å². The minimum Gasteiger partial charge on any atom is -0.371 e. The fraction of sp³-hybridized carbons (Fsp3) is 0.519. The Morgan fingerprint density at radius 1 is 0.973 bits per heavy atom. The van der Waals surface area contributed by atoms with E-state index < -0.39 is 25.4 Å². The number of carbonyl (C=O) groups is 1. The zero-order valence-corrected chi connectivity index (χ0v) is 23.6. The molecular weight excluding hydrogens is 510 g/mol. The second kappa shape index (κ2) is 10.0. The van der Waals surface area contributed by atoms with Gasteiger partial charge >= 0.3 is 0 Å². The first-order valence-electron chi connectivity index (χ1n) is 12.7. The van der Waals surface area contributed by atoms with E-state index in [-0.39, 0.29) is 22.3 Å². The van der Waals surface area contributed by atoms with Gasteiger partial charge in [-0.25, -0.2) is 21.6 Å². The van der Waals surface area contributed by atoms with E-state index in [9.17, 15) is 21.6 Å².